The zero-order valence-electron chi connectivity index (χ0n) is 16.6. The highest BCUT2D eigenvalue weighted by Crippen LogP contribution is 2.35. The molecule has 1 aromatic heterocycles. The molecule has 30 heavy (non-hydrogen) atoms. The van der Waals surface area contributed by atoms with E-state index in [0.717, 1.165) is 22.6 Å². The van der Waals surface area contributed by atoms with Crippen molar-refractivity contribution in [1.82, 2.24) is 10.3 Å². The van der Waals surface area contributed by atoms with Crippen molar-refractivity contribution in [3.05, 3.63) is 47.3 Å². The van der Waals surface area contributed by atoms with Crippen molar-refractivity contribution in [1.29, 1.82) is 0 Å². The Hall–Kier alpha value is -3.46. The number of nitrogens with zero attached hydrogens (tertiary/aromatic N) is 1. The standard InChI is InChI=1S/C21H21N3O5S/c1-26-16-5-3-13(9-18(16)27-2)11-22-20(25)24-21-23-15(12-30-21)14-4-6-17-19(10-14)29-8-7-28-17/h3-6,9-10,12H,7-8,11H2,1-2H3,(H2,22,23,24,25). The molecule has 2 amide bonds. The fraction of sp³-hybridized carbons (Fsp3) is 0.238. The Labute approximate surface area is 177 Å². The molecule has 0 atom stereocenters. The molecule has 8 nitrogen and oxygen atoms in total. The van der Waals surface area contributed by atoms with Crippen LogP contribution in [0.15, 0.2) is 41.8 Å². The molecule has 0 bridgehead atoms. The first-order valence-electron chi connectivity index (χ1n) is 9.27. The fourth-order valence-electron chi connectivity index (χ4n) is 2.98. The minimum Gasteiger partial charge on any atom is -0.493 e. The number of amides is 2. The van der Waals surface area contributed by atoms with Gasteiger partial charge in [0, 0.05) is 17.5 Å². The zero-order valence-corrected chi connectivity index (χ0v) is 17.4. The van der Waals surface area contributed by atoms with Crippen LogP contribution in [0.2, 0.25) is 0 Å². The lowest BCUT2D eigenvalue weighted by Crippen LogP contribution is -2.28. The van der Waals surface area contributed by atoms with Gasteiger partial charge in [-0.1, -0.05) is 6.07 Å². The molecule has 0 saturated heterocycles. The van der Waals surface area contributed by atoms with Gasteiger partial charge in [0.2, 0.25) is 0 Å². The van der Waals surface area contributed by atoms with Gasteiger partial charge in [0.1, 0.15) is 13.2 Å². The average molecular weight is 427 g/mol. The predicted octanol–water partition coefficient (Wildman–Crippen LogP) is 3.92. The number of carbonyl (C=O) groups excluding carboxylic acids is 1. The lowest BCUT2D eigenvalue weighted by atomic mass is 10.1. The molecular formula is C21H21N3O5S. The number of hydrogen-bond donors (Lipinski definition) is 2. The average Bonchev–Trinajstić information content (AvgIpc) is 3.25. The van der Waals surface area contributed by atoms with Gasteiger partial charge in [-0.15, -0.1) is 11.3 Å². The summed E-state index contributed by atoms with van der Waals surface area (Å²) in [6.07, 6.45) is 0. The second-order valence-electron chi connectivity index (χ2n) is 6.39. The molecule has 0 spiro atoms. The molecule has 2 aromatic carbocycles. The predicted molar refractivity (Wildman–Crippen MR) is 114 cm³/mol. The van der Waals surface area contributed by atoms with E-state index in [1.807, 2.05) is 35.7 Å². The lowest BCUT2D eigenvalue weighted by Gasteiger charge is -2.18. The van der Waals surface area contributed by atoms with Crippen molar-refractivity contribution in [2.24, 2.45) is 0 Å². The third-order valence-corrected chi connectivity index (χ3v) is 5.22. The number of hydrogen-bond acceptors (Lipinski definition) is 7. The number of benzene rings is 2. The van der Waals surface area contributed by atoms with Crippen molar-refractivity contribution in [3.8, 4) is 34.3 Å². The molecule has 2 heterocycles. The maximum absolute atomic E-state index is 12.3. The number of nitrogens with one attached hydrogen (secondary N) is 2. The smallest absolute Gasteiger partial charge is 0.321 e. The molecule has 156 valence electrons. The summed E-state index contributed by atoms with van der Waals surface area (Å²) in [5, 5.41) is 7.96. The topological polar surface area (TPSA) is 90.9 Å². The van der Waals surface area contributed by atoms with Gasteiger partial charge in [0.25, 0.3) is 0 Å². The molecule has 0 fully saturated rings. The Morgan fingerprint density at radius 3 is 2.67 bits per heavy atom. The molecule has 0 saturated carbocycles. The van der Waals surface area contributed by atoms with Crippen molar-refractivity contribution < 1.29 is 23.7 Å². The Morgan fingerprint density at radius 2 is 1.87 bits per heavy atom. The minimum atomic E-state index is -0.340. The van der Waals surface area contributed by atoms with Gasteiger partial charge < -0.3 is 24.3 Å². The van der Waals surface area contributed by atoms with Crippen LogP contribution in [0.3, 0.4) is 0 Å². The third kappa shape index (κ3) is 4.41. The Morgan fingerprint density at radius 1 is 1.07 bits per heavy atom. The molecule has 4 rings (SSSR count). The zero-order chi connectivity index (χ0) is 20.9. The number of rotatable bonds is 6. The van der Waals surface area contributed by atoms with Crippen molar-refractivity contribution in [3.63, 3.8) is 0 Å². The molecule has 1 aliphatic rings. The number of methoxy groups -OCH3 is 2. The highest BCUT2D eigenvalue weighted by Gasteiger charge is 2.14. The number of urea groups is 1. The van der Waals surface area contributed by atoms with E-state index in [1.165, 1.54) is 11.3 Å². The summed E-state index contributed by atoms with van der Waals surface area (Å²) in [5.41, 5.74) is 2.54. The van der Waals surface area contributed by atoms with Gasteiger partial charge in [0.15, 0.2) is 28.1 Å². The largest absolute Gasteiger partial charge is 0.493 e. The molecule has 0 aliphatic carbocycles. The molecule has 2 N–H and O–H groups in total. The van der Waals surface area contributed by atoms with E-state index in [4.69, 9.17) is 18.9 Å². The highest BCUT2D eigenvalue weighted by molar-refractivity contribution is 7.14. The van der Waals surface area contributed by atoms with Crippen LogP contribution in [0.1, 0.15) is 5.56 Å². The molecule has 0 radical (unpaired) electrons. The van der Waals surface area contributed by atoms with Crippen LogP contribution >= 0.6 is 11.3 Å². The van der Waals surface area contributed by atoms with Crippen LogP contribution in [-0.2, 0) is 6.54 Å². The van der Waals surface area contributed by atoms with E-state index < -0.39 is 0 Å². The molecule has 0 unspecified atom stereocenters. The third-order valence-electron chi connectivity index (χ3n) is 4.46. The molecular weight excluding hydrogens is 406 g/mol. The second kappa shape index (κ2) is 8.91. The highest BCUT2D eigenvalue weighted by atomic mass is 32.1. The number of thiazole rings is 1. The maximum atomic E-state index is 12.3. The van der Waals surface area contributed by atoms with E-state index in [2.05, 4.69) is 15.6 Å². The molecule has 3 aromatic rings. The van der Waals surface area contributed by atoms with E-state index in [9.17, 15) is 4.79 Å². The lowest BCUT2D eigenvalue weighted by molar-refractivity contribution is 0.171. The quantitative estimate of drug-likeness (QED) is 0.620. The van der Waals surface area contributed by atoms with Crippen LogP contribution in [-0.4, -0.2) is 38.4 Å². The van der Waals surface area contributed by atoms with Gasteiger partial charge in [-0.05, 0) is 35.9 Å². The van der Waals surface area contributed by atoms with Gasteiger partial charge in [-0.25, -0.2) is 9.78 Å². The van der Waals surface area contributed by atoms with Crippen LogP contribution in [0, 0.1) is 0 Å². The van der Waals surface area contributed by atoms with Crippen LogP contribution in [0.5, 0.6) is 23.0 Å². The number of fused-ring (bicyclic) bond motifs is 1. The minimum absolute atomic E-state index is 0.340. The van der Waals surface area contributed by atoms with Crippen LogP contribution in [0.4, 0.5) is 9.93 Å². The number of ether oxygens (including phenoxy) is 4. The SMILES string of the molecule is COc1ccc(CNC(=O)Nc2nc(-c3ccc4c(c3)OCCO4)cs2)cc1OC. The van der Waals surface area contributed by atoms with Gasteiger partial charge in [0.05, 0.1) is 19.9 Å². The fourth-order valence-corrected chi connectivity index (χ4v) is 3.70. The van der Waals surface area contributed by atoms with E-state index >= 15 is 0 Å². The summed E-state index contributed by atoms with van der Waals surface area (Å²) in [6.45, 7) is 1.42. The summed E-state index contributed by atoms with van der Waals surface area (Å²) in [6, 6.07) is 10.8. The first kappa shape index (κ1) is 19.8. The summed E-state index contributed by atoms with van der Waals surface area (Å²) < 4.78 is 21.7. The first-order chi connectivity index (χ1) is 14.7. The van der Waals surface area contributed by atoms with Crippen molar-refractivity contribution in [2.45, 2.75) is 6.54 Å². The van der Waals surface area contributed by atoms with Gasteiger partial charge in [-0.3, -0.25) is 5.32 Å². The summed E-state index contributed by atoms with van der Waals surface area (Å²) in [7, 11) is 3.15. The maximum Gasteiger partial charge on any atom is 0.321 e. The van der Waals surface area contributed by atoms with E-state index in [-0.39, 0.29) is 6.03 Å². The van der Waals surface area contributed by atoms with Gasteiger partial charge in [-0.2, -0.15) is 0 Å². The summed E-state index contributed by atoms with van der Waals surface area (Å²) in [5.74, 6) is 2.68. The van der Waals surface area contributed by atoms with Crippen molar-refractivity contribution in [2.75, 3.05) is 32.8 Å². The van der Waals surface area contributed by atoms with Crippen LogP contribution in [0.25, 0.3) is 11.3 Å². The Balaban J connectivity index is 1.36. The first-order valence-corrected chi connectivity index (χ1v) is 10.2. The Bertz CT molecular complexity index is 1050. The number of anilines is 1. The summed E-state index contributed by atoms with van der Waals surface area (Å²) in [4.78, 5) is 16.7. The monoisotopic (exact) mass is 427 g/mol. The number of carbonyl (C=O) groups is 1. The molecule has 1 aliphatic heterocycles. The van der Waals surface area contributed by atoms with E-state index in [1.54, 1.807) is 20.3 Å². The second-order valence-corrected chi connectivity index (χ2v) is 7.25. The van der Waals surface area contributed by atoms with Crippen molar-refractivity contribution >= 4 is 22.5 Å². The van der Waals surface area contributed by atoms with Gasteiger partial charge >= 0.3 is 6.03 Å². The normalized spacial score (nSPS) is 12.2. The Kier molecular flexibility index (Phi) is 5.89. The molecule has 9 heteroatoms. The summed E-state index contributed by atoms with van der Waals surface area (Å²) >= 11 is 1.35. The number of aromatic nitrogens is 1. The van der Waals surface area contributed by atoms with E-state index in [0.29, 0.717) is 42.1 Å². The van der Waals surface area contributed by atoms with Crippen LogP contribution < -0.4 is 29.6 Å².